The number of hydrogen-bond donors (Lipinski definition) is 1. The molecule has 0 aliphatic heterocycles. The van der Waals surface area contributed by atoms with E-state index in [9.17, 15) is 8.78 Å². The van der Waals surface area contributed by atoms with E-state index in [0.29, 0.717) is 10.0 Å². The maximum atomic E-state index is 13.4. The highest BCUT2D eigenvalue weighted by Crippen LogP contribution is 2.26. The summed E-state index contributed by atoms with van der Waals surface area (Å²) in [5, 5.41) is 0. The van der Waals surface area contributed by atoms with Crippen molar-refractivity contribution < 1.29 is 13.5 Å². The standard InChI is InChI=1S/C13H10BrF2NO/c14-9-4-8(5-10(15)6-9)7-18-13-11(16)2-1-3-12(13)17/h1-6H,7,17H2. The summed E-state index contributed by atoms with van der Waals surface area (Å²) < 4.78 is 32.4. The van der Waals surface area contributed by atoms with Gasteiger partial charge in [0.05, 0.1) is 5.69 Å². The summed E-state index contributed by atoms with van der Waals surface area (Å²) in [6.07, 6.45) is 0. The topological polar surface area (TPSA) is 35.2 Å². The van der Waals surface area contributed by atoms with E-state index in [1.165, 1.54) is 24.3 Å². The van der Waals surface area contributed by atoms with Crippen LogP contribution in [0.25, 0.3) is 0 Å². The molecule has 2 aromatic carbocycles. The zero-order chi connectivity index (χ0) is 13.1. The minimum Gasteiger partial charge on any atom is -0.484 e. The van der Waals surface area contributed by atoms with Gasteiger partial charge in [-0.2, -0.15) is 0 Å². The van der Waals surface area contributed by atoms with Crippen molar-refractivity contribution in [2.75, 3.05) is 5.73 Å². The summed E-state index contributed by atoms with van der Waals surface area (Å²) in [6.45, 7) is 0.0431. The van der Waals surface area contributed by atoms with Crippen molar-refractivity contribution in [1.29, 1.82) is 0 Å². The molecule has 5 heteroatoms. The van der Waals surface area contributed by atoms with Gasteiger partial charge < -0.3 is 10.5 Å². The van der Waals surface area contributed by atoms with Crippen LogP contribution in [0, 0.1) is 11.6 Å². The fourth-order valence-corrected chi connectivity index (χ4v) is 2.04. The molecule has 0 aliphatic carbocycles. The van der Waals surface area contributed by atoms with E-state index in [0.717, 1.165) is 0 Å². The second-order valence-corrected chi connectivity index (χ2v) is 4.64. The summed E-state index contributed by atoms with van der Waals surface area (Å²) in [4.78, 5) is 0. The van der Waals surface area contributed by atoms with Crippen LogP contribution in [-0.2, 0) is 6.61 Å². The van der Waals surface area contributed by atoms with Gasteiger partial charge in [-0.05, 0) is 35.9 Å². The molecule has 0 unspecified atom stereocenters. The number of hydrogen-bond acceptors (Lipinski definition) is 2. The summed E-state index contributed by atoms with van der Waals surface area (Å²) in [7, 11) is 0. The number of anilines is 1. The largest absolute Gasteiger partial charge is 0.484 e. The molecule has 0 fully saturated rings. The summed E-state index contributed by atoms with van der Waals surface area (Å²) in [5.74, 6) is -0.937. The molecule has 2 N–H and O–H groups in total. The summed E-state index contributed by atoms with van der Waals surface area (Å²) in [5.41, 5.74) is 6.40. The lowest BCUT2D eigenvalue weighted by atomic mass is 10.2. The maximum absolute atomic E-state index is 13.4. The van der Waals surface area contributed by atoms with Crippen LogP contribution in [0.4, 0.5) is 14.5 Å². The van der Waals surface area contributed by atoms with Crippen molar-refractivity contribution in [1.82, 2.24) is 0 Å². The van der Waals surface area contributed by atoms with Gasteiger partial charge in [0.25, 0.3) is 0 Å². The van der Waals surface area contributed by atoms with E-state index in [4.69, 9.17) is 10.5 Å². The van der Waals surface area contributed by atoms with Crippen LogP contribution in [0.15, 0.2) is 40.9 Å². The predicted molar refractivity (Wildman–Crippen MR) is 69.2 cm³/mol. The van der Waals surface area contributed by atoms with Gasteiger partial charge in [-0.25, -0.2) is 8.78 Å². The number of nitrogens with two attached hydrogens (primary N) is 1. The molecule has 0 amide bonds. The fraction of sp³-hybridized carbons (Fsp3) is 0.0769. The quantitative estimate of drug-likeness (QED) is 0.873. The zero-order valence-corrected chi connectivity index (χ0v) is 10.9. The van der Waals surface area contributed by atoms with E-state index in [-0.39, 0.29) is 23.9 Å². The molecule has 0 heterocycles. The van der Waals surface area contributed by atoms with Crippen LogP contribution in [0.2, 0.25) is 0 Å². The number of nitrogen functional groups attached to an aromatic ring is 1. The van der Waals surface area contributed by atoms with Crippen molar-refractivity contribution in [3.05, 3.63) is 58.1 Å². The Hall–Kier alpha value is -1.62. The Morgan fingerprint density at radius 3 is 2.61 bits per heavy atom. The first kappa shape index (κ1) is 12.8. The Morgan fingerprint density at radius 2 is 1.94 bits per heavy atom. The molecule has 0 saturated carbocycles. The predicted octanol–water partition coefficient (Wildman–Crippen LogP) is 3.89. The van der Waals surface area contributed by atoms with Gasteiger partial charge in [-0.1, -0.05) is 22.0 Å². The van der Waals surface area contributed by atoms with Crippen LogP contribution in [0.1, 0.15) is 5.56 Å². The van der Waals surface area contributed by atoms with Gasteiger partial charge >= 0.3 is 0 Å². The lowest BCUT2D eigenvalue weighted by Crippen LogP contribution is -2.01. The third-order valence-electron chi connectivity index (χ3n) is 2.30. The molecule has 0 aliphatic rings. The van der Waals surface area contributed by atoms with E-state index < -0.39 is 5.82 Å². The van der Waals surface area contributed by atoms with Crippen molar-refractivity contribution in [2.45, 2.75) is 6.61 Å². The number of para-hydroxylation sites is 1. The van der Waals surface area contributed by atoms with Crippen molar-refractivity contribution in [3.8, 4) is 5.75 Å². The average molecular weight is 314 g/mol. The Bertz CT molecular complexity index is 534. The monoisotopic (exact) mass is 313 g/mol. The Kier molecular flexibility index (Phi) is 3.81. The molecule has 2 aromatic rings. The van der Waals surface area contributed by atoms with Gasteiger partial charge in [0, 0.05) is 4.47 Å². The zero-order valence-electron chi connectivity index (χ0n) is 9.29. The molecule has 0 bridgehead atoms. The molecular formula is C13H10BrF2NO. The number of benzene rings is 2. The van der Waals surface area contributed by atoms with Gasteiger partial charge in [0.15, 0.2) is 11.6 Å². The first-order chi connectivity index (χ1) is 8.56. The van der Waals surface area contributed by atoms with Crippen molar-refractivity contribution >= 4 is 21.6 Å². The highest BCUT2D eigenvalue weighted by molar-refractivity contribution is 9.10. The van der Waals surface area contributed by atoms with Crippen LogP contribution >= 0.6 is 15.9 Å². The van der Waals surface area contributed by atoms with Crippen LogP contribution in [-0.4, -0.2) is 0 Å². The molecule has 18 heavy (non-hydrogen) atoms. The summed E-state index contributed by atoms with van der Waals surface area (Å²) in [6, 6.07) is 8.65. The van der Waals surface area contributed by atoms with Gasteiger partial charge in [-0.15, -0.1) is 0 Å². The third kappa shape index (κ3) is 2.98. The second kappa shape index (κ2) is 5.35. The average Bonchev–Trinajstić information content (AvgIpc) is 2.27. The summed E-state index contributed by atoms with van der Waals surface area (Å²) >= 11 is 3.17. The van der Waals surface area contributed by atoms with Crippen LogP contribution in [0.3, 0.4) is 0 Å². The van der Waals surface area contributed by atoms with E-state index in [1.54, 1.807) is 12.1 Å². The van der Waals surface area contributed by atoms with E-state index in [1.807, 2.05) is 0 Å². The molecular weight excluding hydrogens is 304 g/mol. The molecule has 0 saturated heterocycles. The number of ether oxygens (including phenoxy) is 1. The maximum Gasteiger partial charge on any atom is 0.178 e. The Morgan fingerprint density at radius 1 is 1.17 bits per heavy atom. The molecule has 0 atom stereocenters. The Balaban J connectivity index is 2.16. The SMILES string of the molecule is Nc1cccc(F)c1OCc1cc(F)cc(Br)c1. The molecule has 0 aromatic heterocycles. The molecule has 94 valence electrons. The third-order valence-corrected chi connectivity index (χ3v) is 2.76. The molecule has 2 nitrogen and oxygen atoms in total. The van der Waals surface area contributed by atoms with Crippen molar-refractivity contribution in [3.63, 3.8) is 0 Å². The smallest absolute Gasteiger partial charge is 0.178 e. The van der Waals surface area contributed by atoms with Gasteiger partial charge in [0.2, 0.25) is 0 Å². The van der Waals surface area contributed by atoms with Crippen molar-refractivity contribution in [2.24, 2.45) is 0 Å². The minimum atomic E-state index is -0.537. The highest BCUT2D eigenvalue weighted by Gasteiger charge is 2.08. The molecule has 0 spiro atoms. The van der Waals surface area contributed by atoms with Crippen LogP contribution in [0.5, 0.6) is 5.75 Å². The minimum absolute atomic E-state index is 0.0158. The normalized spacial score (nSPS) is 10.4. The highest BCUT2D eigenvalue weighted by atomic mass is 79.9. The van der Waals surface area contributed by atoms with Crippen LogP contribution < -0.4 is 10.5 Å². The first-order valence-corrected chi connectivity index (χ1v) is 5.97. The Labute approximate surface area is 112 Å². The lowest BCUT2D eigenvalue weighted by Gasteiger charge is -2.10. The number of halogens is 3. The second-order valence-electron chi connectivity index (χ2n) is 3.72. The molecule has 0 radical (unpaired) electrons. The van der Waals surface area contributed by atoms with E-state index >= 15 is 0 Å². The van der Waals surface area contributed by atoms with Gasteiger partial charge in [0.1, 0.15) is 12.4 Å². The molecule has 2 rings (SSSR count). The first-order valence-electron chi connectivity index (χ1n) is 5.18. The van der Waals surface area contributed by atoms with Gasteiger partial charge in [-0.3, -0.25) is 0 Å². The number of rotatable bonds is 3. The fourth-order valence-electron chi connectivity index (χ4n) is 1.53. The lowest BCUT2D eigenvalue weighted by molar-refractivity contribution is 0.291. The van der Waals surface area contributed by atoms with E-state index in [2.05, 4.69) is 15.9 Å².